The van der Waals surface area contributed by atoms with Gasteiger partial charge in [-0.1, -0.05) is 18.2 Å². The third-order valence-electron chi connectivity index (χ3n) is 2.47. The van der Waals surface area contributed by atoms with Gasteiger partial charge in [0.05, 0.1) is 11.6 Å². The van der Waals surface area contributed by atoms with E-state index in [9.17, 15) is 4.79 Å². The van der Waals surface area contributed by atoms with Gasteiger partial charge < -0.3 is 5.32 Å². The maximum atomic E-state index is 11.9. The summed E-state index contributed by atoms with van der Waals surface area (Å²) >= 11 is 0. The fourth-order valence-corrected chi connectivity index (χ4v) is 1.53. The second-order valence-corrected chi connectivity index (χ2v) is 3.84. The van der Waals surface area contributed by atoms with Crippen LogP contribution in [0.15, 0.2) is 48.5 Å². The van der Waals surface area contributed by atoms with Crippen LogP contribution in [0.5, 0.6) is 0 Å². The van der Waals surface area contributed by atoms with Crippen molar-refractivity contribution in [3.63, 3.8) is 0 Å². The first-order valence-corrected chi connectivity index (χ1v) is 5.42. The van der Waals surface area contributed by atoms with Crippen molar-refractivity contribution < 1.29 is 4.79 Å². The van der Waals surface area contributed by atoms with Crippen LogP contribution in [0.1, 0.15) is 21.5 Å². The first-order valence-electron chi connectivity index (χ1n) is 5.42. The van der Waals surface area contributed by atoms with Gasteiger partial charge in [0, 0.05) is 11.3 Å². The van der Waals surface area contributed by atoms with E-state index in [-0.39, 0.29) is 5.91 Å². The topological polar surface area (TPSA) is 52.9 Å². The monoisotopic (exact) mass is 235 g/mol. The number of benzene rings is 2. The zero-order chi connectivity index (χ0) is 13.0. The Morgan fingerprint density at radius 3 is 2.56 bits per heavy atom. The lowest BCUT2D eigenvalue weighted by Gasteiger charge is -2.05. The molecule has 3 heteroatoms. The van der Waals surface area contributed by atoms with Gasteiger partial charge in [0.2, 0.25) is 0 Å². The number of hydrogen-bond donors (Lipinski definition) is 1. The molecule has 0 aromatic heterocycles. The molecule has 0 aliphatic rings. The molecule has 0 aliphatic carbocycles. The Kier molecular flexibility index (Phi) is 3.40. The van der Waals surface area contributed by atoms with E-state index in [1.54, 1.807) is 48.5 Å². The van der Waals surface area contributed by atoms with Crippen LogP contribution in [0.3, 0.4) is 0 Å². The average Bonchev–Trinajstić information content (AvgIpc) is 2.39. The molecule has 2 aromatic rings. The van der Waals surface area contributed by atoms with Crippen molar-refractivity contribution in [2.24, 2.45) is 0 Å². The molecule has 2 aromatic carbocycles. The third kappa shape index (κ3) is 2.74. The fraction of sp³-hybridized carbons (Fsp3) is 0. The van der Waals surface area contributed by atoms with Crippen molar-refractivity contribution >= 4 is 11.6 Å². The minimum atomic E-state index is -0.204. The Balaban J connectivity index is 2.16. The van der Waals surface area contributed by atoms with Crippen LogP contribution in [0, 0.1) is 18.3 Å². The second-order valence-electron chi connectivity index (χ2n) is 3.84. The lowest BCUT2D eigenvalue weighted by Crippen LogP contribution is -2.11. The fourth-order valence-electron chi connectivity index (χ4n) is 1.53. The number of carbonyl (C=O) groups is 1. The molecule has 87 valence electrons. The number of anilines is 1. The van der Waals surface area contributed by atoms with Crippen molar-refractivity contribution in [2.45, 2.75) is 0 Å². The summed E-state index contributed by atoms with van der Waals surface area (Å²) in [6.07, 6.45) is 0. The lowest BCUT2D eigenvalue weighted by atomic mass is 10.1. The number of carbonyl (C=O) groups excluding carboxylic acids is 1. The van der Waals surface area contributed by atoms with E-state index in [0.717, 1.165) is 5.56 Å². The standard InChI is InChI=1S/C15H11N2O/c1-11-5-7-13(8-6-11)15(18)17-14-4-2-3-12(9-14)10-16/h2-9H,1H2,(H,17,18). The number of rotatable bonds is 2. The lowest BCUT2D eigenvalue weighted by molar-refractivity contribution is 0.102. The summed E-state index contributed by atoms with van der Waals surface area (Å²) in [5.41, 5.74) is 2.54. The molecule has 0 heterocycles. The molecule has 0 bridgehead atoms. The molecule has 3 nitrogen and oxygen atoms in total. The third-order valence-corrected chi connectivity index (χ3v) is 2.47. The Morgan fingerprint density at radius 2 is 1.89 bits per heavy atom. The Labute approximate surface area is 106 Å². The maximum Gasteiger partial charge on any atom is 0.255 e. The van der Waals surface area contributed by atoms with Crippen LogP contribution in [-0.2, 0) is 0 Å². The number of amides is 1. The average molecular weight is 235 g/mol. The first-order chi connectivity index (χ1) is 8.69. The molecular formula is C15H11N2O. The van der Waals surface area contributed by atoms with Crippen molar-refractivity contribution in [3.8, 4) is 6.07 Å². The van der Waals surface area contributed by atoms with Crippen LogP contribution in [-0.4, -0.2) is 5.91 Å². The van der Waals surface area contributed by atoms with Gasteiger partial charge in [-0.3, -0.25) is 4.79 Å². The maximum absolute atomic E-state index is 11.9. The summed E-state index contributed by atoms with van der Waals surface area (Å²) in [5.74, 6) is -0.204. The molecule has 1 amide bonds. The largest absolute Gasteiger partial charge is 0.322 e. The number of hydrogen-bond acceptors (Lipinski definition) is 2. The predicted molar refractivity (Wildman–Crippen MR) is 70.0 cm³/mol. The molecular weight excluding hydrogens is 224 g/mol. The number of nitriles is 1. The van der Waals surface area contributed by atoms with Gasteiger partial charge in [-0.05, 0) is 42.8 Å². The zero-order valence-electron chi connectivity index (χ0n) is 9.68. The van der Waals surface area contributed by atoms with Crippen LogP contribution in [0.25, 0.3) is 0 Å². The molecule has 0 saturated carbocycles. The molecule has 1 N–H and O–H groups in total. The molecule has 0 fully saturated rings. The Bertz CT molecular complexity index is 609. The first kappa shape index (κ1) is 11.9. The molecule has 1 radical (unpaired) electrons. The number of nitrogens with zero attached hydrogens (tertiary/aromatic N) is 1. The highest BCUT2D eigenvalue weighted by Crippen LogP contribution is 2.12. The van der Waals surface area contributed by atoms with Gasteiger partial charge in [0.1, 0.15) is 0 Å². The van der Waals surface area contributed by atoms with Gasteiger partial charge in [-0.25, -0.2) is 0 Å². The highest BCUT2D eigenvalue weighted by molar-refractivity contribution is 6.04. The summed E-state index contributed by atoms with van der Waals surface area (Å²) in [7, 11) is 0. The van der Waals surface area contributed by atoms with Gasteiger partial charge >= 0.3 is 0 Å². The molecule has 0 aliphatic heterocycles. The van der Waals surface area contributed by atoms with E-state index in [2.05, 4.69) is 12.2 Å². The summed E-state index contributed by atoms with van der Waals surface area (Å²) in [6.45, 7) is 3.76. The SMILES string of the molecule is [CH2]c1ccc(C(=O)Nc2cccc(C#N)c2)cc1. The predicted octanol–water partition coefficient (Wildman–Crippen LogP) is 2.99. The van der Waals surface area contributed by atoms with E-state index in [4.69, 9.17) is 5.26 Å². The summed E-state index contributed by atoms with van der Waals surface area (Å²) in [5, 5.41) is 11.5. The van der Waals surface area contributed by atoms with E-state index >= 15 is 0 Å². The minimum Gasteiger partial charge on any atom is -0.322 e. The second kappa shape index (κ2) is 5.15. The highest BCUT2D eigenvalue weighted by Gasteiger charge is 2.05. The van der Waals surface area contributed by atoms with Crippen molar-refractivity contribution in [2.75, 3.05) is 5.32 Å². The smallest absolute Gasteiger partial charge is 0.255 e. The van der Waals surface area contributed by atoms with Crippen LogP contribution >= 0.6 is 0 Å². The summed E-state index contributed by atoms with van der Waals surface area (Å²) in [6, 6.07) is 15.8. The van der Waals surface area contributed by atoms with Gasteiger partial charge in [0.15, 0.2) is 0 Å². The minimum absolute atomic E-state index is 0.204. The van der Waals surface area contributed by atoms with Crippen LogP contribution in [0.2, 0.25) is 0 Å². The molecule has 0 saturated heterocycles. The van der Waals surface area contributed by atoms with E-state index in [1.165, 1.54) is 0 Å². The van der Waals surface area contributed by atoms with Gasteiger partial charge in [0.25, 0.3) is 5.91 Å². The quantitative estimate of drug-likeness (QED) is 0.869. The van der Waals surface area contributed by atoms with Crippen LogP contribution < -0.4 is 5.32 Å². The van der Waals surface area contributed by atoms with E-state index in [0.29, 0.717) is 16.8 Å². The van der Waals surface area contributed by atoms with Gasteiger partial charge in [-0.15, -0.1) is 0 Å². The van der Waals surface area contributed by atoms with E-state index in [1.807, 2.05) is 6.07 Å². The Morgan fingerprint density at radius 1 is 1.17 bits per heavy atom. The summed E-state index contributed by atoms with van der Waals surface area (Å²) in [4.78, 5) is 11.9. The molecule has 2 rings (SSSR count). The van der Waals surface area contributed by atoms with Gasteiger partial charge in [-0.2, -0.15) is 5.26 Å². The molecule has 0 unspecified atom stereocenters. The molecule has 0 atom stereocenters. The van der Waals surface area contributed by atoms with Crippen molar-refractivity contribution in [1.82, 2.24) is 0 Å². The highest BCUT2D eigenvalue weighted by atomic mass is 16.1. The van der Waals surface area contributed by atoms with E-state index < -0.39 is 0 Å². The summed E-state index contributed by atoms with van der Waals surface area (Å²) < 4.78 is 0. The number of nitrogens with one attached hydrogen (secondary N) is 1. The normalized spacial score (nSPS) is 9.56. The zero-order valence-corrected chi connectivity index (χ0v) is 9.68. The van der Waals surface area contributed by atoms with Crippen molar-refractivity contribution in [1.29, 1.82) is 5.26 Å². The Hall–Kier alpha value is -2.60. The van der Waals surface area contributed by atoms with Crippen molar-refractivity contribution in [3.05, 3.63) is 72.1 Å². The molecule has 0 spiro atoms. The van der Waals surface area contributed by atoms with Crippen LogP contribution in [0.4, 0.5) is 5.69 Å². The molecule has 18 heavy (non-hydrogen) atoms.